The number of likely N-dealkylation sites (N-methyl/N-ethyl adjacent to an activating group) is 1. The Labute approximate surface area is 129 Å². The molecule has 112 valence electrons. The van der Waals surface area contributed by atoms with Gasteiger partial charge in [-0.1, -0.05) is 11.6 Å². The molecule has 0 radical (unpaired) electrons. The number of amides is 1. The Balaban J connectivity index is 1.75. The molecule has 4 nitrogen and oxygen atoms in total. The Morgan fingerprint density at radius 3 is 2.80 bits per heavy atom. The second kappa shape index (κ2) is 7.41. The van der Waals surface area contributed by atoms with Crippen molar-refractivity contribution in [3.05, 3.63) is 21.3 Å². The van der Waals surface area contributed by atoms with E-state index < -0.39 is 0 Å². The second-order valence-electron chi connectivity index (χ2n) is 5.30. The number of carbonyl (C=O) groups is 1. The number of piperidine rings is 1. The molecular formula is C14H22ClN3OS. The van der Waals surface area contributed by atoms with Crippen LogP contribution in [0.25, 0.3) is 0 Å². The van der Waals surface area contributed by atoms with Crippen molar-refractivity contribution in [2.45, 2.75) is 31.8 Å². The van der Waals surface area contributed by atoms with Crippen molar-refractivity contribution < 1.29 is 4.79 Å². The molecule has 1 unspecified atom stereocenters. The van der Waals surface area contributed by atoms with Gasteiger partial charge < -0.3 is 10.6 Å². The summed E-state index contributed by atoms with van der Waals surface area (Å²) in [4.78, 5) is 13.6. The fourth-order valence-corrected chi connectivity index (χ4v) is 3.52. The van der Waals surface area contributed by atoms with Gasteiger partial charge >= 0.3 is 0 Å². The van der Waals surface area contributed by atoms with Gasteiger partial charge in [-0.25, -0.2) is 0 Å². The van der Waals surface area contributed by atoms with Crippen LogP contribution in [-0.2, 0) is 4.79 Å². The number of hydrogen-bond acceptors (Lipinski definition) is 4. The zero-order valence-corrected chi connectivity index (χ0v) is 13.6. The highest BCUT2D eigenvalue weighted by Crippen LogP contribution is 2.25. The van der Waals surface area contributed by atoms with Gasteiger partial charge in [0.1, 0.15) is 0 Å². The van der Waals surface area contributed by atoms with Crippen LogP contribution < -0.4 is 10.6 Å². The van der Waals surface area contributed by atoms with Crippen molar-refractivity contribution in [3.63, 3.8) is 0 Å². The smallest absolute Gasteiger partial charge is 0.233 e. The molecule has 2 N–H and O–H groups in total. The highest BCUT2D eigenvalue weighted by Gasteiger charge is 2.22. The summed E-state index contributed by atoms with van der Waals surface area (Å²) in [5.74, 6) is 0.0951. The average Bonchev–Trinajstić information content (AvgIpc) is 2.87. The number of hydrogen-bond donors (Lipinski definition) is 2. The first kappa shape index (κ1) is 15.8. The molecule has 0 aromatic carbocycles. The van der Waals surface area contributed by atoms with Crippen molar-refractivity contribution in [1.29, 1.82) is 0 Å². The van der Waals surface area contributed by atoms with E-state index in [0.29, 0.717) is 18.6 Å². The van der Waals surface area contributed by atoms with E-state index in [1.165, 1.54) is 5.56 Å². The maximum absolute atomic E-state index is 11.3. The number of nitrogens with zero attached hydrogens (tertiary/aromatic N) is 1. The summed E-state index contributed by atoms with van der Waals surface area (Å²) in [6.07, 6.45) is 2.17. The van der Waals surface area contributed by atoms with Crippen molar-refractivity contribution in [1.82, 2.24) is 15.5 Å². The lowest BCUT2D eigenvalue weighted by Crippen LogP contribution is -2.46. The van der Waals surface area contributed by atoms with Gasteiger partial charge in [0.25, 0.3) is 0 Å². The third-order valence-electron chi connectivity index (χ3n) is 3.81. The summed E-state index contributed by atoms with van der Waals surface area (Å²) < 4.78 is 0.842. The standard InChI is InChI=1S/C14H22ClN3OS/c1-10(11-7-13(15)20-9-11)17-12-3-5-18(6-4-12)8-14(19)16-2/h7,9-10,12,17H,3-6,8H2,1-2H3,(H,16,19). The van der Waals surface area contributed by atoms with E-state index >= 15 is 0 Å². The molecule has 0 aliphatic carbocycles. The number of likely N-dealkylation sites (tertiary alicyclic amines) is 1. The second-order valence-corrected chi connectivity index (χ2v) is 6.84. The predicted octanol–water partition coefficient (Wildman–Crippen LogP) is 2.26. The molecule has 1 aromatic heterocycles. The van der Waals surface area contributed by atoms with E-state index in [1.807, 2.05) is 6.07 Å². The minimum absolute atomic E-state index is 0.0951. The molecule has 1 atom stereocenters. The third-order valence-corrected chi connectivity index (χ3v) is 4.92. The van der Waals surface area contributed by atoms with Gasteiger partial charge in [-0.05, 0) is 36.8 Å². The van der Waals surface area contributed by atoms with E-state index in [-0.39, 0.29) is 5.91 Å². The van der Waals surface area contributed by atoms with Crippen LogP contribution in [-0.4, -0.2) is 43.5 Å². The quantitative estimate of drug-likeness (QED) is 0.876. The summed E-state index contributed by atoms with van der Waals surface area (Å²) >= 11 is 7.55. The van der Waals surface area contributed by atoms with Crippen LogP contribution in [0.4, 0.5) is 0 Å². The van der Waals surface area contributed by atoms with Crippen LogP contribution in [0.2, 0.25) is 4.34 Å². The fraction of sp³-hybridized carbons (Fsp3) is 0.643. The molecule has 20 heavy (non-hydrogen) atoms. The van der Waals surface area contributed by atoms with Crippen LogP contribution in [0.1, 0.15) is 31.4 Å². The van der Waals surface area contributed by atoms with Crippen molar-refractivity contribution in [2.24, 2.45) is 0 Å². The van der Waals surface area contributed by atoms with E-state index in [0.717, 1.165) is 30.3 Å². The van der Waals surface area contributed by atoms with Gasteiger partial charge in [-0.3, -0.25) is 9.69 Å². The first-order valence-corrected chi connectivity index (χ1v) is 8.27. The van der Waals surface area contributed by atoms with Crippen LogP contribution >= 0.6 is 22.9 Å². The maximum atomic E-state index is 11.3. The van der Waals surface area contributed by atoms with E-state index in [1.54, 1.807) is 18.4 Å². The lowest BCUT2D eigenvalue weighted by Gasteiger charge is -2.33. The van der Waals surface area contributed by atoms with E-state index in [9.17, 15) is 4.79 Å². The molecule has 1 fully saturated rings. The Morgan fingerprint density at radius 1 is 1.55 bits per heavy atom. The molecule has 1 aliphatic rings. The maximum Gasteiger partial charge on any atom is 0.233 e. The molecule has 1 amide bonds. The fourth-order valence-electron chi connectivity index (χ4n) is 2.54. The zero-order valence-electron chi connectivity index (χ0n) is 12.0. The van der Waals surface area contributed by atoms with Gasteiger partial charge in [-0.15, -0.1) is 11.3 Å². The summed E-state index contributed by atoms with van der Waals surface area (Å²) in [6.45, 7) is 4.64. The largest absolute Gasteiger partial charge is 0.358 e. The normalized spacial score (nSPS) is 18.9. The third kappa shape index (κ3) is 4.45. The highest BCUT2D eigenvalue weighted by atomic mass is 35.5. The summed E-state index contributed by atoms with van der Waals surface area (Å²) in [6, 6.07) is 2.88. The van der Waals surface area contributed by atoms with Gasteiger partial charge in [0, 0.05) is 32.2 Å². The Bertz CT molecular complexity index is 443. The van der Waals surface area contributed by atoms with E-state index in [4.69, 9.17) is 11.6 Å². The molecule has 1 aromatic rings. The minimum Gasteiger partial charge on any atom is -0.358 e. The van der Waals surface area contributed by atoms with Gasteiger partial charge in [0.05, 0.1) is 10.9 Å². The number of carbonyl (C=O) groups excluding carboxylic acids is 1. The highest BCUT2D eigenvalue weighted by molar-refractivity contribution is 7.14. The Hall–Kier alpha value is -0.620. The number of nitrogens with one attached hydrogen (secondary N) is 2. The molecule has 2 heterocycles. The molecule has 0 saturated carbocycles. The van der Waals surface area contributed by atoms with Crippen molar-refractivity contribution >= 4 is 28.8 Å². The van der Waals surface area contributed by atoms with Crippen LogP contribution in [0.15, 0.2) is 11.4 Å². The molecular weight excluding hydrogens is 294 g/mol. The summed E-state index contributed by atoms with van der Waals surface area (Å²) in [7, 11) is 1.68. The molecule has 2 rings (SSSR count). The average molecular weight is 316 g/mol. The monoisotopic (exact) mass is 315 g/mol. The van der Waals surface area contributed by atoms with Gasteiger partial charge in [0.2, 0.25) is 5.91 Å². The Morgan fingerprint density at radius 2 is 2.25 bits per heavy atom. The number of halogens is 1. The van der Waals surface area contributed by atoms with Crippen LogP contribution in [0.3, 0.4) is 0 Å². The van der Waals surface area contributed by atoms with Gasteiger partial charge in [0.15, 0.2) is 0 Å². The molecule has 6 heteroatoms. The number of thiophene rings is 1. The lowest BCUT2D eigenvalue weighted by atomic mass is 10.0. The van der Waals surface area contributed by atoms with Crippen LogP contribution in [0.5, 0.6) is 0 Å². The van der Waals surface area contributed by atoms with Crippen molar-refractivity contribution in [3.8, 4) is 0 Å². The molecule has 0 bridgehead atoms. The summed E-state index contributed by atoms with van der Waals surface area (Å²) in [5.41, 5.74) is 1.26. The first-order chi connectivity index (χ1) is 9.58. The van der Waals surface area contributed by atoms with Gasteiger partial charge in [-0.2, -0.15) is 0 Å². The topological polar surface area (TPSA) is 44.4 Å². The SMILES string of the molecule is CNC(=O)CN1CCC(NC(C)c2csc(Cl)c2)CC1. The first-order valence-electron chi connectivity index (χ1n) is 7.01. The minimum atomic E-state index is 0.0951. The molecule has 0 spiro atoms. The number of rotatable bonds is 5. The molecule has 1 aliphatic heterocycles. The summed E-state index contributed by atoms with van der Waals surface area (Å²) in [5, 5.41) is 8.44. The Kier molecular flexibility index (Phi) is 5.84. The van der Waals surface area contributed by atoms with Crippen LogP contribution in [0, 0.1) is 0 Å². The van der Waals surface area contributed by atoms with E-state index in [2.05, 4.69) is 27.8 Å². The lowest BCUT2D eigenvalue weighted by molar-refractivity contribution is -0.122. The zero-order chi connectivity index (χ0) is 14.5. The van der Waals surface area contributed by atoms with Crippen molar-refractivity contribution in [2.75, 3.05) is 26.7 Å². The molecule has 1 saturated heterocycles. The predicted molar refractivity (Wildman–Crippen MR) is 84.4 cm³/mol.